The third-order valence-corrected chi connectivity index (χ3v) is 4.41. The van der Waals surface area contributed by atoms with E-state index in [0.717, 1.165) is 5.56 Å². The van der Waals surface area contributed by atoms with Crippen LogP contribution < -0.4 is 0 Å². The van der Waals surface area contributed by atoms with Crippen LogP contribution in [0.5, 0.6) is 0 Å². The standard InChI is InChI=1S/C20H25N5O2/c1-15(2)24(13-18-8-6-17(12-21)7-9-18)19(26)14-23(4)20(27)16(3)25-11-5-10-22-25/h5-11,15-16H,13-14H2,1-4H3. The van der Waals surface area contributed by atoms with Crippen LogP contribution in [0.1, 0.15) is 37.9 Å². The largest absolute Gasteiger partial charge is 0.335 e. The number of amides is 2. The van der Waals surface area contributed by atoms with Crippen molar-refractivity contribution in [3.63, 3.8) is 0 Å². The van der Waals surface area contributed by atoms with E-state index >= 15 is 0 Å². The molecule has 0 aliphatic rings. The molecule has 2 aromatic rings. The SMILES string of the molecule is CC(C)N(Cc1ccc(C#N)cc1)C(=O)CN(C)C(=O)C(C)n1cccn1. The molecule has 1 aromatic heterocycles. The highest BCUT2D eigenvalue weighted by atomic mass is 16.2. The summed E-state index contributed by atoms with van der Waals surface area (Å²) in [6.07, 6.45) is 3.34. The Labute approximate surface area is 159 Å². The first kappa shape index (κ1) is 20.2. The van der Waals surface area contributed by atoms with Gasteiger partial charge in [-0.15, -0.1) is 0 Å². The van der Waals surface area contributed by atoms with E-state index in [4.69, 9.17) is 5.26 Å². The maximum atomic E-state index is 12.8. The first-order valence-corrected chi connectivity index (χ1v) is 8.86. The van der Waals surface area contributed by atoms with Crippen LogP contribution in [-0.4, -0.2) is 51.0 Å². The van der Waals surface area contributed by atoms with Gasteiger partial charge < -0.3 is 9.80 Å². The molecule has 27 heavy (non-hydrogen) atoms. The second-order valence-corrected chi connectivity index (χ2v) is 6.78. The number of nitrogens with zero attached hydrogens (tertiary/aromatic N) is 5. The summed E-state index contributed by atoms with van der Waals surface area (Å²) in [7, 11) is 1.63. The molecule has 142 valence electrons. The topological polar surface area (TPSA) is 82.2 Å². The number of carbonyl (C=O) groups is 2. The molecule has 0 saturated carbocycles. The minimum Gasteiger partial charge on any atom is -0.335 e. The molecule has 0 fully saturated rings. The zero-order chi connectivity index (χ0) is 20.0. The minimum atomic E-state index is -0.469. The van der Waals surface area contributed by atoms with Gasteiger partial charge in [0.05, 0.1) is 18.2 Å². The van der Waals surface area contributed by atoms with Gasteiger partial charge >= 0.3 is 0 Å². The van der Waals surface area contributed by atoms with Gasteiger partial charge in [-0.3, -0.25) is 14.3 Å². The summed E-state index contributed by atoms with van der Waals surface area (Å²) in [5.74, 6) is -0.299. The van der Waals surface area contributed by atoms with Crippen LogP contribution in [0.3, 0.4) is 0 Å². The van der Waals surface area contributed by atoms with Crippen molar-refractivity contribution >= 4 is 11.8 Å². The van der Waals surface area contributed by atoms with Gasteiger partial charge in [-0.25, -0.2) is 0 Å². The van der Waals surface area contributed by atoms with E-state index < -0.39 is 6.04 Å². The Bertz CT molecular complexity index is 806. The predicted octanol–water partition coefficient (Wildman–Crippen LogP) is 2.21. The van der Waals surface area contributed by atoms with Crippen LogP contribution in [0.2, 0.25) is 0 Å². The highest BCUT2D eigenvalue weighted by Gasteiger charge is 2.24. The first-order valence-electron chi connectivity index (χ1n) is 8.86. The average molecular weight is 367 g/mol. The number of likely N-dealkylation sites (N-methyl/N-ethyl adjacent to an activating group) is 1. The van der Waals surface area contributed by atoms with Gasteiger partial charge in [-0.2, -0.15) is 10.4 Å². The fourth-order valence-corrected chi connectivity index (χ4v) is 2.75. The van der Waals surface area contributed by atoms with E-state index in [2.05, 4.69) is 11.2 Å². The van der Waals surface area contributed by atoms with E-state index in [-0.39, 0.29) is 24.4 Å². The van der Waals surface area contributed by atoms with E-state index in [1.54, 1.807) is 54.1 Å². The molecular weight excluding hydrogens is 342 g/mol. The van der Waals surface area contributed by atoms with Crippen LogP contribution in [0.4, 0.5) is 0 Å². The van der Waals surface area contributed by atoms with Gasteiger partial charge in [0.25, 0.3) is 0 Å². The Balaban J connectivity index is 2.03. The van der Waals surface area contributed by atoms with Crippen molar-refractivity contribution < 1.29 is 9.59 Å². The first-order chi connectivity index (χ1) is 12.8. The normalized spacial score (nSPS) is 11.7. The van der Waals surface area contributed by atoms with Crippen LogP contribution in [0, 0.1) is 11.3 Å². The van der Waals surface area contributed by atoms with Crippen LogP contribution in [0.25, 0.3) is 0 Å². The quantitative estimate of drug-likeness (QED) is 0.751. The van der Waals surface area contributed by atoms with Crippen molar-refractivity contribution in [2.45, 2.75) is 39.4 Å². The van der Waals surface area contributed by atoms with E-state index in [1.165, 1.54) is 4.90 Å². The van der Waals surface area contributed by atoms with E-state index in [9.17, 15) is 9.59 Å². The lowest BCUT2D eigenvalue weighted by Crippen LogP contribution is -2.45. The van der Waals surface area contributed by atoms with Crippen LogP contribution in [-0.2, 0) is 16.1 Å². The molecule has 2 amide bonds. The molecule has 0 aliphatic heterocycles. The van der Waals surface area contributed by atoms with Gasteiger partial charge in [0.15, 0.2) is 0 Å². The number of nitriles is 1. The number of hydrogen-bond donors (Lipinski definition) is 0. The molecule has 0 radical (unpaired) electrons. The Kier molecular flexibility index (Phi) is 6.72. The van der Waals surface area contributed by atoms with Gasteiger partial charge in [0, 0.05) is 32.0 Å². The van der Waals surface area contributed by atoms with E-state index in [0.29, 0.717) is 12.1 Å². The molecule has 2 rings (SSSR count). The fourth-order valence-electron chi connectivity index (χ4n) is 2.75. The summed E-state index contributed by atoms with van der Waals surface area (Å²) < 4.78 is 1.57. The second-order valence-electron chi connectivity index (χ2n) is 6.78. The summed E-state index contributed by atoms with van der Waals surface area (Å²) in [6.45, 7) is 6.07. The molecule has 0 saturated heterocycles. The zero-order valence-corrected chi connectivity index (χ0v) is 16.2. The molecule has 7 nitrogen and oxygen atoms in total. The maximum absolute atomic E-state index is 12.8. The van der Waals surface area contributed by atoms with Gasteiger partial charge in [-0.05, 0) is 44.5 Å². The lowest BCUT2D eigenvalue weighted by atomic mass is 10.1. The number of aromatic nitrogens is 2. The van der Waals surface area contributed by atoms with Crippen molar-refractivity contribution in [1.29, 1.82) is 5.26 Å². The lowest BCUT2D eigenvalue weighted by Gasteiger charge is -2.30. The van der Waals surface area contributed by atoms with Gasteiger partial charge in [0.1, 0.15) is 6.04 Å². The average Bonchev–Trinajstić information content (AvgIpc) is 3.19. The molecule has 1 unspecified atom stereocenters. The third kappa shape index (κ3) is 5.17. The molecule has 7 heteroatoms. The monoisotopic (exact) mass is 367 g/mol. The molecule has 0 bridgehead atoms. The minimum absolute atomic E-state index is 0.00109. The predicted molar refractivity (Wildman–Crippen MR) is 101 cm³/mol. The maximum Gasteiger partial charge on any atom is 0.247 e. The van der Waals surface area contributed by atoms with Gasteiger partial charge in [-0.1, -0.05) is 12.1 Å². The van der Waals surface area contributed by atoms with Crippen molar-refractivity contribution in [3.05, 3.63) is 53.9 Å². The highest BCUT2D eigenvalue weighted by Crippen LogP contribution is 2.12. The van der Waals surface area contributed by atoms with Crippen LogP contribution in [0.15, 0.2) is 42.7 Å². The van der Waals surface area contributed by atoms with Crippen molar-refractivity contribution in [2.75, 3.05) is 13.6 Å². The summed E-state index contributed by atoms with van der Waals surface area (Å²) in [5.41, 5.74) is 1.52. The molecule has 0 aliphatic carbocycles. The smallest absolute Gasteiger partial charge is 0.247 e. The Morgan fingerprint density at radius 3 is 2.41 bits per heavy atom. The second kappa shape index (κ2) is 8.99. The van der Waals surface area contributed by atoms with Crippen molar-refractivity contribution in [2.24, 2.45) is 0 Å². The zero-order valence-electron chi connectivity index (χ0n) is 16.2. The van der Waals surface area contributed by atoms with Crippen molar-refractivity contribution in [3.8, 4) is 6.07 Å². The highest BCUT2D eigenvalue weighted by molar-refractivity contribution is 5.86. The summed E-state index contributed by atoms with van der Waals surface area (Å²) in [4.78, 5) is 28.5. The fraction of sp³-hybridized carbons (Fsp3) is 0.400. The molecule has 1 heterocycles. The summed E-state index contributed by atoms with van der Waals surface area (Å²) in [6, 6.07) is 10.5. The number of benzene rings is 1. The van der Waals surface area contributed by atoms with Gasteiger partial charge in [0.2, 0.25) is 11.8 Å². The lowest BCUT2D eigenvalue weighted by molar-refractivity contribution is -0.142. The molecular formula is C20H25N5O2. The van der Waals surface area contributed by atoms with Crippen LogP contribution >= 0.6 is 0 Å². The van der Waals surface area contributed by atoms with E-state index in [1.807, 2.05) is 26.0 Å². The molecule has 0 N–H and O–H groups in total. The summed E-state index contributed by atoms with van der Waals surface area (Å²) >= 11 is 0. The Hall–Kier alpha value is -3.14. The Morgan fingerprint density at radius 1 is 1.22 bits per heavy atom. The molecule has 0 spiro atoms. The number of carbonyl (C=O) groups excluding carboxylic acids is 2. The Morgan fingerprint density at radius 2 is 1.89 bits per heavy atom. The third-order valence-electron chi connectivity index (χ3n) is 4.41. The molecule has 1 aromatic carbocycles. The summed E-state index contributed by atoms with van der Waals surface area (Å²) in [5, 5.41) is 13.0. The molecule has 1 atom stereocenters. The number of rotatable bonds is 7. The number of hydrogen-bond acceptors (Lipinski definition) is 4. The van der Waals surface area contributed by atoms with Crippen molar-refractivity contribution in [1.82, 2.24) is 19.6 Å².